The van der Waals surface area contributed by atoms with Crippen LogP contribution in [0.15, 0.2) is 16.6 Å². The number of fused-ring (bicyclic) bond motifs is 1. The highest BCUT2D eigenvalue weighted by molar-refractivity contribution is 9.10. The Morgan fingerprint density at radius 1 is 1.50 bits per heavy atom. The van der Waals surface area contributed by atoms with Gasteiger partial charge >= 0.3 is 0 Å². The molecule has 0 saturated carbocycles. The van der Waals surface area contributed by atoms with E-state index in [1.807, 2.05) is 12.1 Å². The number of halogens is 2. The van der Waals surface area contributed by atoms with Crippen LogP contribution in [0.25, 0.3) is 0 Å². The van der Waals surface area contributed by atoms with Crippen molar-refractivity contribution in [3.8, 4) is 0 Å². The minimum atomic E-state index is -0.298. The van der Waals surface area contributed by atoms with E-state index in [1.54, 1.807) is 0 Å². The molecule has 0 aromatic heterocycles. The topological polar surface area (TPSA) is 20.2 Å². The molecule has 1 unspecified atom stereocenters. The van der Waals surface area contributed by atoms with Crippen LogP contribution < -0.4 is 0 Å². The Morgan fingerprint density at radius 3 is 3.00 bits per heavy atom. The van der Waals surface area contributed by atoms with E-state index in [4.69, 9.17) is 11.6 Å². The first kappa shape index (κ1) is 8.54. The third-order valence-electron chi connectivity index (χ3n) is 2.26. The van der Waals surface area contributed by atoms with Crippen LogP contribution in [-0.4, -0.2) is 5.11 Å². The van der Waals surface area contributed by atoms with E-state index in [0.717, 1.165) is 33.5 Å². The van der Waals surface area contributed by atoms with Gasteiger partial charge in [0.15, 0.2) is 0 Å². The molecule has 1 N–H and O–H groups in total. The first-order chi connectivity index (χ1) is 5.70. The fraction of sp³-hybridized carbons (Fsp3) is 0.333. The summed E-state index contributed by atoms with van der Waals surface area (Å²) in [5.41, 5.74) is 2.18. The van der Waals surface area contributed by atoms with Crippen molar-refractivity contribution in [2.45, 2.75) is 18.9 Å². The van der Waals surface area contributed by atoms with Crippen molar-refractivity contribution >= 4 is 27.5 Å². The lowest BCUT2D eigenvalue weighted by atomic mass is 10.1. The van der Waals surface area contributed by atoms with E-state index >= 15 is 0 Å². The lowest BCUT2D eigenvalue weighted by Gasteiger charge is -2.05. The van der Waals surface area contributed by atoms with Crippen LogP contribution in [0.3, 0.4) is 0 Å². The second-order valence-electron chi connectivity index (χ2n) is 2.98. The molecule has 1 aliphatic carbocycles. The highest BCUT2D eigenvalue weighted by atomic mass is 79.9. The predicted octanol–water partition coefficient (Wildman–Crippen LogP) is 3.08. The number of aliphatic hydroxyl groups excluding tert-OH is 1. The molecule has 64 valence electrons. The summed E-state index contributed by atoms with van der Waals surface area (Å²) >= 11 is 9.33. The Bertz CT molecular complexity index is 325. The minimum absolute atomic E-state index is 0.298. The molecule has 2 rings (SSSR count). The molecule has 1 atom stereocenters. The summed E-state index contributed by atoms with van der Waals surface area (Å²) in [6, 6.07) is 3.72. The smallest absolute Gasteiger partial charge is 0.0796 e. The molecule has 12 heavy (non-hydrogen) atoms. The second kappa shape index (κ2) is 3.02. The molecule has 0 aliphatic heterocycles. The third-order valence-corrected chi connectivity index (χ3v) is 3.71. The summed E-state index contributed by atoms with van der Waals surface area (Å²) in [4.78, 5) is 0. The quantitative estimate of drug-likeness (QED) is 0.747. The molecule has 0 spiro atoms. The maximum Gasteiger partial charge on any atom is 0.0796 e. The zero-order chi connectivity index (χ0) is 8.72. The Labute approximate surface area is 84.5 Å². The molecular formula is C9H8BrClO. The Hall–Kier alpha value is -0.0500. The standard InChI is InChI=1S/C9H8BrClO/c10-9-6-2-4-8(12)5(6)1-3-7(9)11/h1,3,8,12H,2,4H2. The molecule has 0 bridgehead atoms. The molecule has 1 nitrogen and oxygen atoms in total. The average molecular weight is 248 g/mol. The van der Waals surface area contributed by atoms with Gasteiger partial charge in [-0.2, -0.15) is 0 Å². The van der Waals surface area contributed by atoms with Gasteiger partial charge in [-0.1, -0.05) is 17.7 Å². The van der Waals surface area contributed by atoms with Gasteiger partial charge in [0.05, 0.1) is 11.1 Å². The zero-order valence-electron chi connectivity index (χ0n) is 6.35. The maximum absolute atomic E-state index is 9.53. The van der Waals surface area contributed by atoms with Crippen molar-refractivity contribution in [3.63, 3.8) is 0 Å². The third kappa shape index (κ3) is 1.18. The van der Waals surface area contributed by atoms with Crippen molar-refractivity contribution in [3.05, 3.63) is 32.8 Å². The van der Waals surface area contributed by atoms with Gasteiger partial charge in [0.1, 0.15) is 0 Å². The minimum Gasteiger partial charge on any atom is -0.388 e. The van der Waals surface area contributed by atoms with Gasteiger partial charge in [0.2, 0.25) is 0 Å². The van der Waals surface area contributed by atoms with Gasteiger partial charge in [-0.3, -0.25) is 0 Å². The molecule has 0 fully saturated rings. The predicted molar refractivity (Wildman–Crippen MR) is 52.4 cm³/mol. The van der Waals surface area contributed by atoms with E-state index in [1.165, 1.54) is 0 Å². The fourth-order valence-electron chi connectivity index (χ4n) is 1.61. The van der Waals surface area contributed by atoms with Gasteiger partial charge in [0.25, 0.3) is 0 Å². The molecule has 0 amide bonds. The van der Waals surface area contributed by atoms with Gasteiger partial charge in [-0.05, 0) is 46.0 Å². The summed E-state index contributed by atoms with van der Waals surface area (Å²) in [5.74, 6) is 0. The molecule has 0 heterocycles. The van der Waals surface area contributed by atoms with Gasteiger partial charge in [0, 0.05) is 4.47 Å². The summed E-state index contributed by atoms with van der Waals surface area (Å²) < 4.78 is 0.943. The van der Waals surface area contributed by atoms with Gasteiger partial charge < -0.3 is 5.11 Å². The first-order valence-electron chi connectivity index (χ1n) is 3.85. The van der Waals surface area contributed by atoms with E-state index in [9.17, 15) is 5.11 Å². The van der Waals surface area contributed by atoms with Crippen LogP contribution in [0.4, 0.5) is 0 Å². The highest BCUT2D eigenvalue weighted by Crippen LogP contribution is 2.38. The van der Waals surface area contributed by atoms with E-state index in [2.05, 4.69) is 15.9 Å². The van der Waals surface area contributed by atoms with Gasteiger partial charge in [-0.25, -0.2) is 0 Å². The second-order valence-corrected chi connectivity index (χ2v) is 4.18. The average Bonchev–Trinajstić information content (AvgIpc) is 2.41. The maximum atomic E-state index is 9.53. The largest absolute Gasteiger partial charge is 0.388 e. The molecule has 3 heteroatoms. The van der Waals surface area contributed by atoms with Crippen molar-refractivity contribution in [2.24, 2.45) is 0 Å². The van der Waals surface area contributed by atoms with Gasteiger partial charge in [-0.15, -0.1) is 0 Å². The van der Waals surface area contributed by atoms with Crippen molar-refractivity contribution < 1.29 is 5.11 Å². The molecule has 1 aromatic rings. The highest BCUT2D eigenvalue weighted by Gasteiger charge is 2.22. The first-order valence-corrected chi connectivity index (χ1v) is 5.02. The Kier molecular flexibility index (Phi) is 2.15. The van der Waals surface area contributed by atoms with Crippen LogP contribution in [0, 0.1) is 0 Å². The van der Waals surface area contributed by atoms with Crippen LogP contribution >= 0.6 is 27.5 Å². The summed E-state index contributed by atoms with van der Waals surface area (Å²) in [6.45, 7) is 0. The summed E-state index contributed by atoms with van der Waals surface area (Å²) in [7, 11) is 0. The number of aliphatic hydroxyl groups is 1. The molecule has 0 radical (unpaired) electrons. The van der Waals surface area contributed by atoms with E-state index in [0.29, 0.717) is 0 Å². The molecule has 1 aliphatic rings. The molecule has 0 saturated heterocycles. The van der Waals surface area contributed by atoms with Crippen LogP contribution in [0.1, 0.15) is 23.7 Å². The van der Waals surface area contributed by atoms with Crippen LogP contribution in [0.5, 0.6) is 0 Å². The molecular weight excluding hydrogens is 239 g/mol. The van der Waals surface area contributed by atoms with Crippen molar-refractivity contribution in [1.82, 2.24) is 0 Å². The lowest BCUT2D eigenvalue weighted by Crippen LogP contribution is -1.90. The lowest BCUT2D eigenvalue weighted by molar-refractivity contribution is 0.180. The van der Waals surface area contributed by atoms with Crippen LogP contribution in [-0.2, 0) is 6.42 Å². The Balaban J connectivity index is 2.60. The van der Waals surface area contributed by atoms with Crippen molar-refractivity contribution in [2.75, 3.05) is 0 Å². The van der Waals surface area contributed by atoms with E-state index < -0.39 is 0 Å². The monoisotopic (exact) mass is 246 g/mol. The Morgan fingerprint density at radius 2 is 2.25 bits per heavy atom. The zero-order valence-corrected chi connectivity index (χ0v) is 8.69. The SMILES string of the molecule is OC1CCc2c1ccc(Cl)c2Br. The number of rotatable bonds is 0. The fourth-order valence-corrected chi connectivity index (χ4v) is 2.35. The number of hydrogen-bond acceptors (Lipinski definition) is 1. The number of hydrogen-bond donors (Lipinski definition) is 1. The normalized spacial score (nSPS) is 21.1. The summed E-state index contributed by atoms with van der Waals surface area (Å²) in [6.07, 6.45) is 1.43. The molecule has 1 aromatic carbocycles. The van der Waals surface area contributed by atoms with Crippen molar-refractivity contribution in [1.29, 1.82) is 0 Å². The van der Waals surface area contributed by atoms with Crippen LogP contribution in [0.2, 0.25) is 5.02 Å². The van der Waals surface area contributed by atoms with E-state index in [-0.39, 0.29) is 6.10 Å². The number of benzene rings is 1. The summed E-state index contributed by atoms with van der Waals surface area (Å²) in [5, 5.41) is 10.3.